The Hall–Kier alpha value is -7.88. The summed E-state index contributed by atoms with van der Waals surface area (Å²) in [5, 5.41) is 33.9. The molecule has 0 unspecified atom stereocenters. The minimum absolute atomic E-state index is 0. The molecule has 0 fully saturated rings. The Balaban J connectivity index is -0.00000128. The number of rotatable bonds is 26. The minimum atomic E-state index is -2.69. The molecule has 1 radical (unpaired) electrons. The van der Waals surface area contributed by atoms with Crippen LogP contribution >= 0.6 is 22.6 Å². The number of halogens is 1. The second-order valence-corrected chi connectivity index (χ2v) is 18.4. The van der Waals surface area contributed by atoms with Crippen molar-refractivity contribution in [3.8, 4) is 0 Å². The van der Waals surface area contributed by atoms with Crippen LogP contribution in [0.1, 0.15) is 70.6 Å². The summed E-state index contributed by atoms with van der Waals surface area (Å²) < 4.78 is 117. The van der Waals surface area contributed by atoms with E-state index in [-0.39, 0.29) is 55.3 Å². The molecule has 6 aromatic carbocycles. The number of carbonyl (C=O) groups is 9. The number of amides is 7. The van der Waals surface area contributed by atoms with Crippen LogP contribution in [0.3, 0.4) is 0 Å². The van der Waals surface area contributed by atoms with Crippen LogP contribution in [-0.4, -0.2) is 148 Å². The number of alkyl halides is 1. The quantitative estimate of drug-likeness (QED) is 0.00833. The van der Waals surface area contributed by atoms with Crippen molar-refractivity contribution < 1.29 is 145 Å². The molecular formula is C67H89Ag2IN8O18. The molecule has 4 atom stereocenters. The van der Waals surface area contributed by atoms with Gasteiger partial charge in [-0.05, 0) is 38.2 Å². The molecule has 26 nitrogen and oxygen atoms in total. The fourth-order valence-electron chi connectivity index (χ4n) is 6.79. The van der Waals surface area contributed by atoms with E-state index in [0.717, 1.165) is 40.5 Å². The van der Waals surface area contributed by atoms with Crippen molar-refractivity contribution in [3.05, 3.63) is 215 Å². The van der Waals surface area contributed by atoms with Gasteiger partial charge in [-0.25, -0.2) is 9.59 Å². The average Bonchev–Trinajstić information content (AvgIpc) is 0.903. The predicted molar refractivity (Wildman–Crippen MR) is 360 cm³/mol. The zero-order valence-corrected chi connectivity index (χ0v) is 57.8. The average molecular weight is 1650 g/mol. The van der Waals surface area contributed by atoms with E-state index in [1.807, 2.05) is 158 Å². The Morgan fingerprint density at radius 3 is 0.979 bits per heavy atom. The molecule has 0 heterocycles. The summed E-state index contributed by atoms with van der Waals surface area (Å²) in [5.41, 5.74) is 10.7. The molecule has 0 bridgehead atoms. The van der Waals surface area contributed by atoms with Gasteiger partial charge in [-0.3, -0.25) is 33.6 Å². The van der Waals surface area contributed by atoms with Crippen LogP contribution in [-0.2, 0) is 148 Å². The number of nitrogens with one attached hydrogen (secondary N) is 7. The Labute approximate surface area is 619 Å². The first-order chi connectivity index (χ1) is 50.3. The summed E-state index contributed by atoms with van der Waals surface area (Å²) in [7, 11) is -6.83. The monoisotopic (exact) mass is 1650 g/mol. The van der Waals surface area contributed by atoms with Crippen molar-refractivity contribution in [2.45, 2.75) is 84.3 Å². The number of aliphatic hydroxyl groups is 2. The third-order valence-electron chi connectivity index (χ3n) is 11.1. The number of alkyl carbamates (subject to hydrolysis) is 2. The van der Waals surface area contributed by atoms with Gasteiger partial charge in [0.05, 0.1) is 38.8 Å². The molecule has 0 aliphatic heterocycles. The van der Waals surface area contributed by atoms with E-state index in [9.17, 15) is 48.3 Å². The van der Waals surface area contributed by atoms with Crippen LogP contribution in [0.5, 0.6) is 0 Å². The van der Waals surface area contributed by atoms with Crippen molar-refractivity contribution in [1.29, 1.82) is 0 Å². The molecule has 96 heavy (non-hydrogen) atoms. The van der Waals surface area contributed by atoms with Gasteiger partial charge in [0.2, 0.25) is 29.5 Å². The van der Waals surface area contributed by atoms with Gasteiger partial charge in [0, 0.05) is 102 Å². The molecule has 534 valence electrons. The fraction of sp³-hybridized carbons (Fsp3) is 0.328. The third-order valence-corrected chi connectivity index (χ3v) is 11.1. The van der Waals surface area contributed by atoms with E-state index in [1.54, 1.807) is 45.3 Å². The number of ether oxygens (including phenoxy) is 6. The number of hydrogen-bond donors (Lipinski definition) is 10. The SMILES string of the molecule is CC(=O)OC(C)=O.CO.O=C(N[C@H](CO)C(=O)NCc1ccccc1)OCc1ccccc1.[2H]C([2H])([2H])I.[2H]C([2H])([2H])OC[C@@H](N)C(=O)NCc1ccccc1.[2H]C([2H])([2H])OC[C@@H](NC(=O)OCc1ccccc1)C(=O)NCc1ccccc1.[2H]C([2H])([2H])OC[C@@H](NC(C)=O)C(=O)NCc1ccccc1.[Ag].[O]=[Ag]. The molecular weight excluding hydrogens is 1550 g/mol. The number of methoxy groups -OCH3 is 3. The van der Waals surface area contributed by atoms with Gasteiger partial charge >= 0.3 is 48.4 Å². The molecule has 29 heteroatoms. The molecule has 7 amide bonds. The van der Waals surface area contributed by atoms with Crippen LogP contribution in [0, 0.1) is 0 Å². The Morgan fingerprint density at radius 2 is 0.708 bits per heavy atom. The summed E-state index contributed by atoms with van der Waals surface area (Å²) in [6.45, 7) is 3.11. The van der Waals surface area contributed by atoms with Crippen LogP contribution in [0.4, 0.5) is 9.59 Å². The van der Waals surface area contributed by atoms with Gasteiger partial charge in [0.15, 0.2) is 0 Å². The summed E-state index contributed by atoms with van der Waals surface area (Å²) >= 11 is 3.08. The summed E-state index contributed by atoms with van der Waals surface area (Å²) in [6, 6.07) is 51.0. The second kappa shape index (κ2) is 62.0. The molecule has 6 rings (SSSR count). The van der Waals surface area contributed by atoms with Gasteiger partial charge in [-0.1, -0.05) is 205 Å². The number of esters is 2. The Morgan fingerprint density at radius 1 is 0.448 bits per heavy atom. The van der Waals surface area contributed by atoms with Gasteiger partial charge in [0.25, 0.3) is 0 Å². The Bertz CT molecular complexity index is 3460. The first-order valence-electron chi connectivity index (χ1n) is 34.0. The molecule has 0 spiro atoms. The normalized spacial score (nSPS) is 13.0. The van der Waals surface area contributed by atoms with E-state index < -0.39 is 124 Å². The second-order valence-electron chi connectivity index (χ2n) is 18.4. The van der Waals surface area contributed by atoms with Crippen molar-refractivity contribution in [1.82, 2.24) is 37.2 Å². The van der Waals surface area contributed by atoms with Gasteiger partial charge in [-0.2, -0.15) is 0 Å². The maximum absolute atomic E-state index is 12.4. The maximum atomic E-state index is 12.4. The number of nitrogens with two attached hydrogens (primary N) is 1. The fourth-order valence-corrected chi connectivity index (χ4v) is 6.79. The van der Waals surface area contributed by atoms with Crippen LogP contribution < -0.4 is 43.0 Å². The molecule has 0 aliphatic carbocycles. The van der Waals surface area contributed by atoms with E-state index >= 15 is 0 Å². The third kappa shape index (κ3) is 48.8. The van der Waals surface area contributed by atoms with Gasteiger partial charge in [-0.15, -0.1) is 0 Å². The zero-order valence-electron chi connectivity index (χ0n) is 64.7. The number of benzene rings is 6. The van der Waals surface area contributed by atoms with Crippen molar-refractivity contribution in [2.24, 2.45) is 5.73 Å². The standard InChI is InChI=1S/C19H22N2O4.C18H20N2O4.C13H18N2O3.C11H16N2O2.C4H6O3.CH3I.CH4O.2Ag.O/c1-24-14-17(18(22)20-12-15-8-4-2-5-9-15)21-19(23)25-13-16-10-6-3-7-11-16;21-12-16(17(22)19-11-14-7-3-1-4-8-14)20-18(23)24-13-15-9-5-2-6-10-15;1-10(16)15-12(9-18-2)13(17)14-8-11-6-4-3-5-7-11;1-15-8-10(12)11(14)13-7-9-5-3-2-4-6-9;1-3(5)7-4(2)6;2*1-2;;;/h2-11,17H,12-14H2,1H3,(H,20,22)(H,21,23);1-10,16,21H,11-13H2,(H,19,22)(H,20,23);3-7,12H,8-9H2,1-2H3,(H,14,17)(H,15,16);2-6,10H,7-8,12H2,1H3,(H,13,14);1-2H3;1H3;2H,1H3;;;/t17-;16-;12-;10-;;;;;;/m1111....../s1/i1D3;;2D3;1D3;;1D3;;;;. The first-order valence-corrected chi connectivity index (χ1v) is 29.7. The van der Waals surface area contributed by atoms with Crippen molar-refractivity contribution >= 4 is 76.3 Å². The Kier molecular flexibility index (Phi) is 45.8. The van der Waals surface area contributed by atoms with Gasteiger partial charge < -0.3 is 81.6 Å². The molecule has 11 N–H and O–H groups in total. The van der Waals surface area contributed by atoms with E-state index in [1.165, 1.54) is 43.4 Å². The molecule has 0 saturated carbocycles. The van der Waals surface area contributed by atoms with Crippen LogP contribution in [0.2, 0.25) is 0 Å². The van der Waals surface area contributed by atoms with Crippen LogP contribution in [0.25, 0.3) is 0 Å². The first kappa shape index (κ1) is 70.9. The van der Waals surface area contributed by atoms with Crippen molar-refractivity contribution in [3.63, 3.8) is 0 Å². The zero-order chi connectivity index (χ0) is 81.4. The molecule has 0 aromatic heterocycles. The summed E-state index contributed by atoms with van der Waals surface area (Å²) in [6.07, 6.45) is -1.61. The van der Waals surface area contributed by atoms with E-state index in [4.69, 9.17) is 44.8 Å². The summed E-state index contributed by atoms with van der Waals surface area (Å²) in [4.78, 5) is 101. The van der Waals surface area contributed by atoms with Crippen LogP contribution in [0.15, 0.2) is 182 Å². The van der Waals surface area contributed by atoms with E-state index in [0.29, 0.717) is 13.1 Å². The van der Waals surface area contributed by atoms with E-state index in [2.05, 4.69) is 51.4 Å². The number of hydrogen-bond acceptors (Lipinski definition) is 19. The molecule has 0 saturated heterocycles. The predicted octanol–water partition coefficient (Wildman–Crippen LogP) is 5.20. The van der Waals surface area contributed by atoms with Crippen molar-refractivity contribution in [2.75, 3.05) is 59.5 Å². The molecule has 0 aliphatic rings. The number of carbonyl (C=O) groups excluding carboxylic acids is 9. The van der Waals surface area contributed by atoms with Gasteiger partial charge in [0.1, 0.15) is 37.4 Å². The summed E-state index contributed by atoms with van der Waals surface area (Å²) in [5.74, 6) is -3.56. The number of aliphatic hydroxyl groups excluding tert-OH is 2. The topological polar surface area (TPSA) is 377 Å². The molecule has 6 aromatic rings.